The zero-order valence-electron chi connectivity index (χ0n) is 10.3. The molecule has 1 aromatic heterocycles. The van der Waals surface area contributed by atoms with E-state index in [1.165, 1.54) is 12.8 Å². The summed E-state index contributed by atoms with van der Waals surface area (Å²) < 4.78 is 0. The number of pyridine rings is 1. The van der Waals surface area contributed by atoms with Crippen molar-refractivity contribution in [3.8, 4) is 0 Å². The third kappa shape index (κ3) is 1.69. The first-order valence-electron chi connectivity index (χ1n) is 6.61. The summed E-state index contributed by atoms with van der Waals surface area (Å²) in [6.07, 6.45) is 7.85. The summed E-state index contributed by atoms with van der Waals surface area (Å²) in [5, 5.41) is 14.3. The van der Waals surface area contributed by atoms with E-state index in [2.05, 4.69) is 17.2 Å². The van der Waals surface area contributed by atoms with Crippen LogP contribution in [0.3, 0.4) is 0 Å². The molecule has 2 aliphatic heterocycles. The molecule has 4 atom stereocenters. The van der Waals surface area contributed by atoms with E-state index in [0.717, 1.165) is 18.4 Å². The molecule has 3 heteroatoms. The van der Waals surface area contributed by atoms with Crippen LogP contribution in [0.1, 0.15) is 44.3 Å². The SMILES string of the molecule is CCC12CCC(CC1C(O)c1cccnc1)N2. The number of hydrogen-bond acceptors (Lipinski definition) is 3. The van der Waals surface area contributed by atoms with Crippen molar-refractivity contribution in [3.63, 3.8) is 0 Å². The van der Waals surface area contributed by atoms with Crippen molar-refractivity contribution in [1.29, 1.82) is 0 Å². The van der Waals surface area contributed by atoms with Crippen molar-refractivity contribution in [2.24, 2.45) is 5.92 Å². The van der Waals surface area contributed by atoms with E-state index < -0.39 is 0 Å². The molecule has 1 aromatic rings. The standard InChI is InChI=1S/C14H20N2O/c1-2-14-6-5-11(16-14)8-12(14)13(17)10-4-3-7-15-9-10/h3-4,7,9,11-13,16-17H,2,5-6,8H2,1H3. The summed E-state index contributed by atoms with van der Waals surface area (Å²) in [5.41, 5.74) is 1.12. The third-order valence-corrected chi connectivity index (χ3v) is 4.72. The number of nitrogens with zero attached hydrogens (tertiary/aromatic N) is 1. The average Bonchev–Trinajstić information content (AvgIpc) is 2.97. The normalized spacial score (nSPS) is 37.3. The Morgan fingerprint density at radius 2 is 2.53 bits per heavy atom. The smallest absolute Gasteiger partial charge is 0.0851 e. The Morgan fingerprint density at radius 3 is 3.18 bits per heavy atom. The molecule has 3 heterocycles. The number of fused-ring (bicyclic) bond motifs is 2. The highest BCUT2D eigenvalue weighted by Gasteiger charge is 2.52. The Labute approximate surface area is 102 Å². The van der Waals surface area contributed by atoms with Crippen LogP contribution in [0.15, 0.2) is 24.5 Å². The molecule has 17 heavy (non-hydrogen) atoms. The van der Waals surface area contributed by atoms with E-state index >= 15 is 0 Å². The largest absolute Gasteiger partial charge is 0.388 e. The number of aliphatic hydroxyl groups is 1. The van der Waals surface area contributed by atoms with E-state index in [1.54, 1.807) is 12.4 Å². The summed E-state index contributed by atoms with van der Waals surface area (Å²) >= 11 is 0. The van der Waals surface area contributed by atoms with Gasteiger partial charge in [0.15, 0.2) is 0 Å². The fourth-order valence-electron chi connectivity index (χ4n) is 3.74. The third-order valence-electron chi connectivity index (χ3n) is 4.72. The molecule has 0 spiro atoms. The predicted molar refractivity (Wildman–Crippen MR) is 66.5 cm³/mol. The van der Waals surface area contributed by atoms with Crippen LogP contribution in [0.4, 0.5) is 0 Å². The maximum absolute atomic E-state index is 10.6. The second kappa shape index (κ2) is 4.07. The molecule has 3 nitrogen and oxygen atoms in total. The van der Waals surface area contributed by atoms with Gasteiger partial charge in [0.2, 0.25) is 0 Å². The maximum Gasteiger partial charge on any atom is 0.0851 e. The number of rotatable bonds is 3. The van der Waals surface area contributed by atoms with Crippen LogP contribution in [0.25, 0.3) is 0 Å². The molecule has 4 unspecified atom stereocenters. The molecule has 0 saturated carbocycles. The van der Waals surface area contributed by atoms with Gasteiger partial charge in [-0.25, -0.2) is 0 Å². The maximum atomic E-state index is 10.6. The molecule has 0 aliphatic carbocycles. The van der Waals surface area contributed by atoms with Crippen LogP contribution >= 0.6 is 0 Å². The van der Waals surface area contributed by atoms with Gasteiger partial charge in [-0.3, -0.25) is 4.98 Å². The lowest BCUT2D eigenvalue weighted by Gasteiger charge is -2.36. The van der Waals surface area contributed by atoms with Gasteiger partial charge in [-0.05, 0) is 37.3 Å². The van der Waals surface area contributed by atoms with Crippen LogP contribution in [0.5, 0.6) is 0 Å². The van der Waals surface area contributed by atoms with Gasteiger partial charge in [0, 0.05) is 29.9 Å². The molecule has 0 aromatic carbocycles. The Morgan fingerprint density at radius 1 is 1.65 bits per heavy atom. The minimum absolute atomic E-state index is 0.167. The molecular weight excluding hydrogens is 212 g/mol. The minimum atomic E-state index is -0.374. The Balaban J connectivity index is 1.86. The topological polar surface area (TPSA) is 45.2 Å². The molecule has 0 amide bonds. The Kier molecular flexibility index (Phi) is 2.68. The molecule has 2 bridgehead atoms. The lowest BCUT2D eigenvalue weighted by Crippen LogP contribution is -2.43. The van der Waals surface area contributed by atoms with Gasteiger partial charge in [0.25, 0.3) is 0 Å². The molecule has 3 rings (SSSR count). The van der Waals surface area contributed by atoms with Crippen LogP contribution in [0, 0.1) is 5.92 Å². The lowest BCUT2D eigenvalue weighted by atomic mass is 9.72. The van der Waals surface area contributed by atoms with Crippen LogP contribution < -0.4 is 5.32 Å². The highest BCUT2D eigenvalue weighted by molar-refractivity contribution is 5.19. The zero-order chi connectivity index (χ0) is 11.9. The van der Waals surface area contributed by atoms with Crippen LogP contribution in [0.2, 0.25) is 0 Å². The lowest BCUT2D eigenvalue weighted by molar-refractivity contribution is 0.0570. The van der Waals surface area contributed by atoms with E-state index in [9.17, 15) is 5.11 Å². The van der Waals surface area contributed by atoms with Crippen LogP contribution in [-0.4, -0.2) is 21.7 Å². The second-order valence-electron chi connectivity index (χ2n) is 5.46. The first-order valence-corrected chi connectivity index (χ1v) is 6.61. The monoisotopic (exact) mass is 232 g/mol. The summed E-state index contributed by atoms with van der Waals surface area (Å²) in [5.74, 6) is 0.343. The summed E-state index contributed by atoms with van der Waals surface area (Å²) in [6.45, 7) is 2.23. The highest BCUT2D eigenvalue weighted by Crippen LogP contribution is 2.49. The summed E-state index contributed by atoms with van der Waals surface area (Å²) in [6, 6.07) is 4.50. The van der Waals surface area contributed by atoms with Crippen molar-refractivity contribution in [2.45, 2.75) is 50.3 Å². The zero-order valence-corrected chi connectivity index (χ0v) is 10.3. The van der Waals surface area contributed by atoms with Gasteiger partial charge < -0.3 is 10.4 Å². The van der Waals surface area contributed by atoms with Crippen molar-refractivity contribution >= 4 is 0 Å². The first kappa shape index (κ1) is 11.2. The van der Waals surface area contributed by atoms with E-state index in [0.29, 0.717) is 12.0 Å². The molecule has 2 N–H and O–H groups in total. The van der Waals surface area contributed by atoms with E-state index in [4.69, 9.17) is 0 Å². The molecular formula is C14H20N2O. The minimum Gasteiger partial charge on any atom is -0.388 e. The van der Waals surface area contributed by atoms with Gasteiger partial charge in [-0.15, -0.1) is 0 Å². The van der Waals surface area contributed by atoms with Gasteiger partial charge in [-0.1, -0.05) is 13.0 Å². The highest BCUT2D eigenvalue weighted by atomic mass is 16.3. The number of aromatic nitrogens is 1. The fourth-order valence-corrected chi connectivity index (χ4v) is 3.74. The van der Waals surface area contributed by atoms with Crippen molar-refractivity contribution < 1.29 is 5.11 Å². The molecule has 2 saturated heterocycles. The van der Waals surface area contributed by atoms with Gasteiger partial charge in [0.05, 0.1) is 6.10 Å². The average molecular weight is 232 g/mol. The number of aliphatic hydroxyl groups excluding tert-OH is 1. The van der Waals surface area contributed by atoms with Gasteiger partial charge in [0.1, 0.15) is 0 Å². The molecule has 2 fully saturated rings. The quantitative estimate of drug-likeness (QED) is 0.838. The molecule has 2 aliphatic rings. The van der Waals surface area contributed by atoms with Crippen molar-refractivity contribution in [3.05, 3.63) is 30.1 Å². The molecule has 0 radical (unpaired) electrons. The van der Waals surface area contributed by atoms with E-state index in [1.807, 2.05) is 12.1 Å². The van der Waals surface area contributed by atoms with Gasteiger partial charge >= 0.3 is 0 Å². The Bertz CT molecular complexity index is 394. The fraction of sp³-hybridized carbons (Fsp3) is 0.643. The molecule has 92 valence electrons. The van der Waals surface area contributed by atoms with Gasteiger partial charge in [-0.2, -0.15) is 0 Å². The Hall–Kier alpha value is -0.930. The summed E-state index contributed by atoms with van der Waals surface area (Å²) in [4.78, 5) is 4.11. The van der Waals surface area contributed by atoms with Crippen molar-refractivity contribution in [1.82, 2.24) is 10.3 Å². The number of nitrogens with one attached hydrogen (secondary N) is 1. The first-order chi connectivity index (χ1) is 8.25. The summed E-state index contributed by atoms with van der Waals surface area (Å²) in [7, 11) is 0. The van der Waals surface area contributed by atoms with Crippen molar-refractivity contribution in [2.75, 3.05) is 0 Å². The second-order valence-corrected chi connectivity index (χ2v) is 5.46. The van der Waals surface area contributed by atoms with Crippen LogP contribution in [-0.2, 0) is 0 Å². The van der Waals surface area contributed by atoms with E-state index in [-0.39, 0.29) is 11.6 Å². The predicted octanol–water partition coefficient (Wildman–Crippen LogP) is 2.04. The number of hydrogen-bond donors (Lipinski definition) is 2.